The van der Waals surface area contributed by atoms with Crippen molar-refractivity contribution in [2.45, 2.75) is 44.8 Å². The summed E-state index contributed by atoms with van der Waals surface area (Å²) in [5.41, 5.74) is 7.13. The number of hydrogen-bond donors (Lipinski definition) is 1. The molecule has 4 heteroatoms. The lowest BCUT2D eigenvalue weighted by Crippen LogP contribution is -2.34. The first kappa shape index (κ1) is 14.3. The Morgan fingerprint density at radius 1 is 1.53 bits per heavy atom. The number of ether oxygens (including phenoxy) is 1. The molecular formula is C15H25N3O. The van der Waals surface area contributed by atoms with E-state index in [-0.39, 0.29) is 6.04 Å². The Bertz CT molecular complexity index is 389. The minimum absolute atomic E-state index is 0.155. The summed E-state index contributed by atoms with van der Waals surface area (Å²) in [7, 11) is 2.09. The van der Waals surface area contributed by atoms with Crippen molar-refractivity contribution in [3.63, 3.8) is 0 Å². The number of nitrogens with zero attached hydrogens (tertiary/aromatic N) is 2. The highest BCUT2D eigenvalue weighted by atomic mass is 16.5. The summed E-state index contributed by atoms with van der Waals surface area (Å²) in [6.45, 7) is 3.83. The van der Waals surface area contributed by atoms with Crippen molar-refractivity contribution in [3.8, 4) is 0 Å². The quantitative estimate of drug-likeness (QED) is 0.882. The summed E-state index contributed by atoms with van der Waals surface area (Å²) in [5.74, 6) is 1.04. The summed E-state index contributed by atoms with van der Waals surface area (Å²) in [6.07, 6.45) is 6.66. The van der Waals surface area contributed by atoms with Gasteiger partial charge in [-0.05, 0) is 44.2 Å². The van der Waals surface area contributed by atoms with Crippen LogP contribution in [0.25, 0.3) is 0 Å². The van der Waals surface area contributed by atoms with Gasteiger partial charge in [-0.1, -0.05) is 6.07 Å². The molecule has 1 aromatic rings. The van der Waals surface area contributed by atoms with Crippen LogP contribution in [0.4, 0.5) is 5.82 Å². The molecule has 0 bridgehead atoms. The average Bonchev–Trinajstić information content (AvgIpc) is 2.39. The predicted molar refractivity (Wildman–Crippen MR) is 78.5 cm³/mol. The van der Waals surface area contributed by atoms with E-state index in [1.54, 1.807) is 0 Å². The molecule has 2 unspecified atom stereocenters. The van der Waals surface area contributed by atoms with Crippen LogP contribution >= 0.6 is 0 Å². The van der Waals surface area contributed by atoms with Gasteiger partial charge in [0.05, 0.1) is 6.10 Å². The number of anilines is 1. The molecule has 2 N–H and O–H groups in total. The Labute approximate surface area is 116 Å². The highest BCUT2D eigenvalue weighted by Crippen LogP contribution is 2.20. The summed E-state index contributed by atoms with van der Waals surface area (Å²) in [6, 6.07) is 4.25. The van der Waals surface area contributed by atoms with Crippen LogP contribution < -0.4 is 10.6 Å². The van der Waals surface area contributed by atoms with Crippen molar-refractivity contribution in [1.82, 2.24) is 4.98 Å². The molecule has 2 rings (SSSR count). The second-order valence-corrected chi connectivity index (χ2v) is 5.54. The monoisotopic (exact) mass is 263 g/mol. The van der Waals surface area contributed by atoms with Gasteiger partial charge in [-0.15, -0.1) is 0 Å². The predicted octanol–water partition coefficient (Wildman–Crippen LogP) is 1.98. The van der Waals surface area contributed by atoms with Gasteiger partial charge in [-0.2, -0.15) is 0 Å². The molecule has 1 saturated heterocycles. The molecule has 0 spiro atoms. The molecule has 1 aliphatic rings. The van der Waals surface area contributed by atoms with Gasteiger partial charge in [0.25, 0.3) is 0 Å². The molecular weight excluding hydrogens is 238 g/mol. The van der Waals surface area contributed by atoms with Gasteiger partial charge in [-0.25, -0.2) is 4.98 Å². The van der Waals surface area contributed by atoms with E-state index >= 15 is 0 Å². The maximum Gasteiger partial charge on any atom is 0.131 e. The van der Waals surface area contributed by atoms with E-state index in [2.05, 4.69) is 23.0 Å². The molecule has 1 aliphatic heterocycles. The summed E-state index contributed by atoms with van der Waals surface area (Å²) >= 11 is 0. The second-order valence-electron chi connectivity index (χ2n) is 5.54. The number of aromatic nitrogens is 1. The lowest BCUT2D eigenvalue weighted by molar-refractivity contribution is 0.0215. The van der Waals surface area contributed by atoms with Crippen LogP contribution in [0.2, 0.25) is 0 Å². The van der Waals surface area contributed by atoms with E-state index < -0.39 is 0 Å². The fraction of sp³-hybridized carbons (Fsp3) is 0.667. The van der Waals surface area contributed by atoms with E-state index in [1.165, 1.54) is 18.4 Å². The highest BCUT2D eigenvalue weighted by Gasteiger charge is 2.18. The van der Waals surface area contributed by atoms with Gasteiger partial charge in [0.1, 0.15) is 5.82 Å². The molecule has 0 radical (unpaired) electrons. The highest BCUT2D eigenvalue weighted by molar-refractivity contribution is 5.46. The van der Waals surface area contributed by atoms with E-state index in [4.69, 9.17) is 10.5 Å². The largest absolute Gasteiger partial charge is 0.376 e. The summed E-state index contributed by atoms with van der Waals surface area (Å²) in [5, 5.41) is 0. The number of likely N-dealkylation sites (N-methyl/N-ethyl adjacent to an activating group) is 1. The third-order valence-corrected chi connectivity index (χ3v) is 3.52. The van der Waals surface area contributed by atoms with Gasteiger partial charge in [-0.3, -0.25) is 0 Å². The van der Waals surface area contributed by atoms with Gasteiger partial charge in [0.2, 0.25) is 0 Å². The fourth-order valence-corrected chi connectivity index (χ4v) is 2.62. The Kier molecular flexibility index (Phi) is 5.16. The van der Waals surface area contributed by atoms with Gasteiger partial charge in [0.15, 0.2) is 0 Å². The smallest absolute Gasteiger partial charge is 0.131 e. The fourth-order valence-electron chi connectivity index (χ4n) is 2.62. The first-order valence-corrected chi connectivity index (χ1v) is 7.19. The van der Waals surface area contributed by atoms with Gasteiger partial charge in [0, 0.05) is 32.4 Å². The van der Waals surface area contributed by atoms with Gasteiger partial charge < -0.3 is 15.4 Å². The van der Waals surface area contributed by atoms with Crippen LogP contribution in [0, 0.1) is 0 Å². The van der Waals surface area contributed by atoms with Crippen LogP contribution in [-0.4, -0.2) is 37.3 Å². The standard InChI is InChI=1S/C15H25N3O/c1-12(16)10-13-6-5-8-17-15(13)18(2)11-14-7-3-4-9-19-14/h5-6,8,12,14H,3-4,7,9-11,16H2,1-2H3. The SMILES string of the molecule is CC(N)Cc1cccnc1N(C)CC1CCCCO1. The van der Waals surface area contributed by atoms with E-state index in [0.29, 0.717) is 6.10 Å². The topological polar surface area (TPSA) is 51.4 Å². The third kappa shape index (κ3) is 4.18. The maximum absolute atomic E-state index is 5.91. The summed E-state index contributed by atoms with van der Waals surface area (Å²) < 4.78 is 5.80. The number of rotatable bonds is 5. The number of nitrogens with two attached hydrogens (primary N) is 1. The average molecular weight is 263 g/mol. The van der Waals surface area contributed by atoms with E-state index in [9.17, 15) is 0 Å². The Balaban J connectivity index is 2.02. The zero-order valence-corrected chi connectivity index (χ0v) is 12.0. The van der Waals surface area contributed by atoms with Crippen molar-refractivity contribution in [1.29, 1.82) is 0 Å². The van der Waals surface area contributed by atoms with Gasteiger partial charge >= 0.3 is 0 Å². The van der Waals surface area contributed by atoms with Crippen molar-refractivity contribution in [2.24, 2.45) is 5.73 Å². The Morgan fingerprint density at radius 2 is 2.37 bits per heavy atom. The van der Waals surface area contributed by atoms with E-state index in [1.807, 2.05) is 19.2 Å². The minimum atomic E-state index is 0.155. The molecule has 1 fully saturated rings. The summed E-state index contributed by atoms with van der Waals surface area (Å²) in [4.78, 5) is 6.71. The van der Waals surface area contributed by atoms with Crippen LogP contribution in [0.3, 0.4) is 0 Å². The second kappa shape index (κ2) is 6.87. The van der Waals surface area contributed by atoms with Crippen LogP contribution in [0.5, 0.6) is 0 Å². The molecule has 2 heterocycles. The lowest BCUT2D eigenvalue weighted by Gasteiger charge is -2.29. The minimum Gasteiger partial charge on any atom is -0.376 e. The van der Waals surface area contributed by atoms with Crippen molar-refractivity contribution in [2.75, 3.05) is 25.1 Å². The normalized spacial score (nSPS) is 21.1. The number of pyridine rings is 1. The number of hydrogen-bond acceptors (Lipinski definition) is 4. The first-order chi connectivity index (χ1) is 9.16. The lowest BCUT2D eigenvalue weighted by atomic mass is 10.1. The Hall–Kier alpha value is -1.13. The molecule has 0 aliphatic carbocycles. The van der Waals surface area contributed by atoms with Crippen LogP contribution in [-0.2, 0) is 11.2 Å². The molecule has 0 amide bonds. The molecule has 19 heavy (non-hydrogen) atoms. The molecule has 1 aromatic heterocycles. The van der Waals surface area contributed by atoms with E-state index in [0.717, 1.165) is 31.8 Å². The molecule has 0 aromatic carbocycles. The zero-order valence-electron chi connectivity index (χ0n) is 12.0. The molecule has 0 saturated carbocycles. The third-order valence-electron chi connectivity index (χ3n) is 3.52. The van der Waals surface area contributed by atoms with Crippen molar-refractivity contribution >= 4 is 5.82 Å². The van der Waals surface area contributed by atoms with Crippen LogP contribution in [0.15, 0.2) is 18.3 Å². The Morgan fingerprint density at radius 3 is 3.05 bits per heavy atom. The molecule has 106 valence electrons. The first-order valence-electron chi connectivity index (χ1n) is 7.19. The van der Waals surface area contributed by atoms with Crippen LogP contribution in [0.1, 0.15) is 31.7 Å². The van der Waals surface area contributed by atoms with Crippen molar-refractivity contribution < 1.29 is 4.74 Å². The van der Waals surface area contributed by atoms with Crippen molar-refractivity contribution in [3.05, 3.63) is 23.9 Å². The molecule has 2 atom stereocenters. The zero-order chi connectivity index (χ0) is 13.7. The molecule has 4 nitrogen and oxygen atoms in total. The maximum atomic E-state index is 5.91.